The van der Waals surface area contributed by atoms with E-state index in [0.29, 0.717) is 39.9 Å². The number of rotatable bonds is 6. The molecule has 3 heterocycles. The van der Waals surface area contributed by atoms with Crippen molar-refractivity contribution in [3.05, 3.63) is 39.5 Å². The summed E-state index contributed by atoms with van der Waals surface area (Å²) in [6.45, 7) is 3.99. The zero-order valence-corrected chi connectivity index (χ0v) is 18.8. The van der Waals surface area contributed by atoms with Crippen LogP contribution >= 0.6 is 27.5 Å². The summed E-state index contributed by atoms with van der Waals surface area (Å²) in [6, 6.07) is 3.16. The number of fused-ring (bicyclic) bond motifs is 2. The quantitative estimate of drug-likeness (QED) is 0.375. The first kappa shape index (κ1) is 20.8. The summed E-state index contributed by atoms with van der Waals surface area (Å²) < 4.78 is 16.4. The van der Waals surface area contributed by atoms with Gasteiger partial charge in [-0.2, -0.15) is 19.6 Å². The number of aromatic nitrogens is 6. The van der Waals surface area contributed by atoms with E-state index in [-0.39, 0.29) is 17.1 Å². The maximum atomic E-state index is 14.2. The summed E-state index contributed by atoms with van der Waals surface area (Å²) in [7, 11) is 1.80. The molecule has 1 aromatic carbocycles. The molecule has 0 radical (unpaired) electrons. The Balaban J connectivity index is 1.66. The first-order valence-electron chi connectivity index (χ1n) is 9.03. The molecule has 9 nitrogen and oxygen atoms in total. The smallest absolute Gasteiger partial charge is 0.230 e. The Labute approximate surface area is 184 Å². The van der Waals surface area contributed by atoms with Crippen LogP contribution < -0.4 is 10.2 Å². The van der Waals surface area contributed by atoms with Crippen LogP contribution in [0.25, 0.3) is 16.7 Å². The highest BCUT2D eigenvalue weighted by Crippen LogP contribution is 2.24. The van der Waals surface area contributed by atoms with Gasteiger partial charge in [0.05, 0.1) is 33.4 Å². The fourth-order valence-electron chi connectivity index (χ4n) is 3.09. The van der Waals surface area contributed by atoms with Crippen molar-refractivity contribution in [3.63, 3.8) is 0 Å². The molecule has 0 spiro atoms. The lowest BCUT2D eigenvalue weighted by atomic mass is 10.1. The van der Waals surface area contributed by atoms with E-state index in [1.807, 2.05) is 0 Å². The van der Waals surface area contributed by atoms with Crippen LogP contribution in [-0.2, 0) is 6.54 Å². The molecule has 0 aliphatic heterocycles. The maximum Gasteiger partial charge on any atom is 0.230 e. The summed E-state index contributed by atoms with van der Waals surface area (Å²) in [4.78, 5) is 18.1. The van der Waals surface area contributed by atoms with Crippen molar-refractivity contribution in [1.29, 1.82) is 0 Å². The van der Waals surface area contributed by atoms with Gasteiger partial charge in [0.1, 0.15) is 11.3 Å². The number of benzene rings is 1. The van der Waals surface area contributed by atoms with Gasteiger partial charge in [-0.05, 0) is 41.9 Å². The molecule has 0 atom stereocenters. The van der Waals surface area contributed by atoms with Gasteiger partial charge in [-0.25, -0.2) is 9.37 Å². The highest BCUT2D eigenvalue weighted by Gasteiger charge is 2.20. The van der Waals surface area contributed by atoms with E-state index in [0.717, 1.165) is 0 Å². The number of anilines is 2. The molecule has 0 amide bonds. The molecule has 3 N–H and O–H groups in total. The van der Waals surface area contributed by atoms with Gasteiger partial charge in [-0.1, -0.05) is 11.6 Å². The van der Waals surface area contributed by atoms with Crippen molar-refractivity contribution < 1.29 is 9.50 Å². The monoisotopic (exact) mass is 496 g/mol. The number of aliphatic hydroxyl groups is 1. The zero-order chi connectivity index (χ0) is 21.6. The predicted molar refractivity (Wildman–Crippen MR) is 116 cm³/mol. The van der Waals surface area contributed by atoms with E-state index in [9.17, 15) is 9.50 Å². The third kappa shape index (κ3) is 4.05. The number of nitrogens with zero attached hydrogens (tertiary/aromatic N) is 6. The van der Waals surface area contributed by atoms with Gasteiger partial charge in [-0.15, -0.1) is 0 Å². The van der Waals surface area contributed by atoms with E-state index in [1.54, 1.807) is 42.6 Å². The fraction of sp³-hybridized carbons (Fsp3) is 0.333. The van der Waals surface area contributed by atoms with E-state index in [2.05, 4.69) is 46.3 Å². The number of halogens is 3. The molecule has 0 aliphatic rings. The number of aromatic amines is 1. The number of hydrogen-bond acceptors (Lipinski definition) is 7. The molecule has 0 fully saturated rings. The Morgan fingerprint density at radius 1 is 1.33 bits per heavy atom. The molecule has 3 aromatic heterocycles. The lowest BCUT2D eigenvalue weighted by Crippen LogP contribution is -2.37. The molecule has 0 bridgehead atoms. The van der Waals surface area contributed by atoms with Crippen molar-refractivity contribution in [2.45, 2.75) is 26.0 Å². The van der Waals surface area contributed by atoms with Gasteiger partial charge in [0.2, 0.25) is 11.9 Å². The van der Waals surface area contributed by atoms with Crippen LogP contribution in [0.3, 0.4) is 0 Å². The molecular formula is C18H19BrClFN8O. The Bertz CT molecular complexity index is 1230. The number of likely N-dealkylation sites (N-methyl/N-ethyl adjacent to an activating group) is 1. The molecule has 4 rings (SSSR count). The van der Waals surface area contributed by atoms with Crippen molar-refractivity contribution in [1.82, 2.24) is 29.5 Å². The van der Waals surface area contributed by atoms with Crippen LogP contribution in [0.4, 0.5) is 16.3 Å². The van der Waals surface area contributed by atoms with Crippen LogP contribution in [0, 0.1) is 5.82 Å². The third-order valence-electron chi connectivity index (χ3n) is 4.29. The minimum Gasteiger partial charge on any atom is -0.389 e. The number of hydrogen-bond donors (Lipinski definition) is 3. The van der Waals surface area contributed by atoms with E-state index in [4.69, 9.17) is 11.6 Å². The van der Waals surface area contributed by atoms with Crippen molar-refractivity contribution in [2.75, 3.05) is 23.8 Å². The maximum absolute atomic E-state index is 14.2. The van der Waals surface area contributed by atoms with E-state index < -0.39 is 11.4 Å². The zero-order valence-electron chi connectivity index (χ0n) is 16.4. The minimum absolute atomic E-state index is 0.0203. The summed E-state index contributed by atoms with van der Waals surface area (Å²) in [5, 5.41) is 17.6. The van der Waals surface area contributed by atoms with Gasteiger partial charge >= 0.3 is 0 Å². The van der Waals surface area contributed by atoms with Gasteiger partial charge in [-0.3, -0.25) is 0 Å². The summed E-state index contributed by atoms with van der Waals surface area (Å²) in [5.41, 5.74) is 0.371. The van der Waals surface area contributed by atoms with E-state index >= 15 is 0 Å². The highest BCUT2D eigenvalue weighted by atomic mass is 79.9. The third-order valence-corrected chi connectivity index (χ3v) is 5.14. The standard InChI is InChI=1S/C18H19BrClFN8O/c1-18(2,30)8-28(3)17-26-15-9(19)6-23-29(15)16(27-17)22-7-12-24-11-5-4-10(20)13(21)14(11)25-12/h4-6,30H,7-8H2,1-3H3,(H,24,25)(H,22,26,27). The Kier molecular flexibility index (Phi) is 5.28. The molecule has 0 aliphatic carbocycles. The molecule has 30 heavy (non-hydrogen) atoms. The highest BCUT2D eigenvalue weighted by molar-refractivity contribution is 9.10. The van der Waals surface area contributed by atoms with E-state index in [1.165, 1.54) is 6.07 Å². The van der Waals surface area contributed by atoms with Gasteiger partial charge < -0.3 is 20.3 Å². The fourth-order valence-corrected chi connectivity index (χ4v) is 3.59. The molecule has 0 unspecified atom stereocenters. The number of nitrogens with one attached hydrogen (secondary N) is 2. The lowest BCUT2D eigenvalue weighted by molar-refractivity contribution is 0.0883. The van der Waals surface area contributed by atoms with Crippen LogP contribution in [0.2, 0.25) is 5.02 Å². The predicted octanol–water partition coefficient (Wildman–Crippen LogP) is 3.37. The molecule has 0 saturated heterocycles. The van der Waals surface area contributed by atoms with Crippen LogP contribution in [-0.4, -0.2) is 53.9 Å². The second-order valence-corrected chi connectivity index (χ2v) is 8.80. The minimum atomic E-state index is -0.922. The Morgan fingerprint density at radius 3 is 2.83 bits per heavy atom. The van der Waals surface area contributed by atoms with Gasteiger partial charge in [0, 0.05) is 13.6 Å². The SMILES string of the molecule is CN(CC(C)(C)O)c1nc(NCc2nc3c(F)c(Cl)ccc3[nH]2)n2ncc(Br)c2n1. The average Bonchev–Trinajstić information content (AvgIpc) is 3.26. The first-order valence-corrected chi connectivity index (χ1v) is 10.2. The summed E-state index contributed by atoms with van der Waals surface area (Å²) in [6.07, 6.45) is 1.62. The molecular weight excluding hydrogens is 479 g/mol. The lowest BCUT2D eigenvalue weighted by Gasteiger charge is -2.25. The normalized spacial score (nSPS) is 12.1. The molecule has 0 saturated carbocycles. The second-order valence-electron chi connectivity index (χ2n) is 7.54. The van der Waals surface area contributed by atoms with Crippen molar-refractivity contribution >= 4 is 56.1 Å². The van der Waals surface area contributed by atoms with Crippen LogP contribution in [0.5, 0.6) is 0 Å². The second kappa shape index (κ2) is 7.64. The van der Waals surface area contributed by atoms with Crippen molar-refractivity contribution in [2.24, 2.45) is 0 Å². The number of H-pyrrole nitrogens is 1. The molecule has 4 aromatic rings. The van der Waals surface area contributed by atoms with Crippen molar-refractivity contribution in [3.8, 4) is 0 Å². The Hall–Kier alpha value is -2.50. The molecule has 12 heteroatoms. The topological polar surface area (TPSA) is 107 Å². The Morgan fingerprint density at radius 2 is 2.10 bits per heavy atom. The van der Waals surface area contributed by atoms with Crippen LogP contribution in [0.15, 0.2) is 22.8 Å². The van der Waals surface area contributed by atoms with Gasteiger partial charge in [0.15, 0.2) is 11.5 Å². The summed E-state index contributed by atoms with van der Waals surface area (Å²) in [5.74, 6) is 0.779. The van der Waals surface area contributed by atoms with Gasteiger partial charge in [0.25, 0.3) is 0 Å². The van der Waals surface area contributed by atoms with Crippen LogP contribution in [0.1, 0.15) is 19.7 Å². The number of imidazole rings is 1. The summed E-state index contributed by atoms with van der Waals surface area (Å²) >= 11 is 9.27. The largest absolute Gasteiger partial charge is 0.389 e. The average molecular weight is 498 g/mol. The first-order chi connectivity index (χ1) is 14.1. The molecule has 158 valence electrons.